The lowest BCUT2D eigenvalue weighted by atomic mass is 9.66. The van der Waals surface area contributed by atoms with Crippen LogP contribution in [0.25, 0.3) is 0 Å². The summed E-state index contributed by atoms with van der Waals surface area (Å²) in [5.74, 6) is 6.58. The van der Waals surface area contributed by atoms with E-state index in [-0.39, 0.29) is 0 Å². The van der Waals surface area contributed by atoms with Gasteiger partial charge in [-0.2, -0.15) is 0 Å². The summed E-state index contributed by atoms with van der Waals surface area (Å²) in [7, 11) is 0. The molecule has 1 aliphatic carbocycles. The zero-order valence-corrected chi connectivity index (χ0v) is 9.04. The van der Waals surface area contributed by atoms with E-state index in [4.69, 9.17) is 5.84 Å². The molecule has 0 unspecified atom stereocenters. The average molecular weight is 194 g/mol. The smallest absolute Gasteiger partial charge is 0.0133 e. The molecule has 0 atom stereocenters. The van der Waals surface area contributed by atoms with Gasteiger partial charge in [-0.25, -0.2) is 5.01 Å². The summed E-state index contributed by atoms with van der Waals surface area (Å²) in [6, 6.07) is 0. The van der Waals surface area contributed by atoms with Crippen LogP contribution in [0.15, 0.2) is 12.7 Å². The molecule has 2 nitrogen and oxygen atoms in total. The Labute approximate surface area is 87.1 Å². The first-order valence-corrected chi connectivity index (χ1v) is 5.86. The minimum absolute atomic E-state index is 0.648. The Morgan fingerprint density at radius 2 is 1.71 bits per heavy atom. The van der Waals surface area contributed by atoms with Crippen LogP contribution in [0.5, 0.6) is 0 Å². The van der Waals surface area contributed by atoms with Gasteiger partial charge in [-0.15, -0.1) is 6.58 Å². The zero-order chi connectivity index (χ0) is 10.0. The number of hydrogen-bond acceptors (Lipinski definition) is 2. The van der Waals surface area contributed by atoms with Crippen LogP contribution in [-0.2, 0) is 0 Å². The van der Waals surface area contributed by atoms with Crippen LogP contribution < -0.4 is 5.84 Å². The molecule has 80 valence electrons. The maximum absolute atomic E-state index is 5.80. The molecule has 2 fully saturated rings. The number of allylic oxidation sites excluding steroid dienone is 1. The largest absolute Gasteiger partial charge is 0.269 e. The highest BCUT2D eigenvalue weighted by Crippen LogP contribution is 2.45. The van der Waals surface area contributed by atoms with E-state index >= 15 is 0 Å². The summed E-state index contributed by atoms with van der Waals surface area (Å²) in [5.41, 5.74) is 0.648. The second-order valence-corrected chi connectivity index (χ2v) is 5.11. The fourth-order valence-corrected chi connectivity index (χ4v) is 2.99. The predicted octanol–water partition coefficient (Wildman–Crippen LogP) is 2.32. The van der Waals surface area contributed by atoms with E-state index in [1.165, 1.54) is 38.5 Å². The molecule has 1 heterocycles. The van der Waals surface area contributed by atoms with Gasteiger partial charge < -0.3 is 0 Å². The van der Waals surface area contributed by atoms with Crippen LogP contribution in [0.3, 0.4) is 0 Å². The molecule has 1 saturated heterocycles. The van der Waals surface area contributed by atoms with Gasteiger partial charge in [-0.3, -0.25) is 5.84 Å². The van der Waals surface area contributed by atoms with Crippen LogP contribution in [0, 0.1) is 11.3 Å². The number of hydrogen-bond donors (Lipinski definition) is 1. The fraction of sp³-hybridized carbons (Fsp3) is 0.833. The van der Waals surface area contributed by atoms with Gasteiger partial charge in [-0.05, 0) is 49.9 Å². The van der Waals surface area contributed by atoms with Crippen molar-refractivity contribution in [1.82, 2.24) is 5.01 Å². The first-order valence-electron chi connectivity index (χ1n) is 5.86. The minimum atomic E-state index is 0.648. The summed E-state index contributed by atoms with van der Waals surface area (Å²) >= 11 is 0. The fourth-order valence-electron chi connectivity index (χ4n) is 2.99. The van der Waals surface area contributed by atoms with Crippen LogP contribution in [0.2, 0.25) is 0 Å². The molecule has 1 spiro atoms. The molecule has 1 aliphatic heterocycles. The summed E-state index contributed by atoms with van der Waals surface area (Å²) in [4.78, 5) is 0. The maximum atomic E-state index is 5.80. The number of hydrazine groups is 1. The normalized spacial score (nSPS) is 29.2. The lowest BCUT2D eigenvalue weighted by Crippen LogP contribution is -2.44. The van der Waals surface area contributed by atoms with Crippen LogP contribution in [0.1, 0.15) is 38.5 Å². The van der Waals surface area contributed by atoms with Crippen molar-refractivity contribution < 1.29 is 0 Å². The highest BCUT2D eigenvalue weighted by atomic mass is 15.4. The Morgan fingerprint density at radius 3 is 2.21 bits per heavy atom. The molecule has 0 aromatic rings. The molecule has 2 rings (SSSR count). The number of nitrogens with two attached hydrogens (primary N) is 1. The predicted molar refractivity (Wildman–Crippen MR) is 59.6 cm³/mol. The molecule has 14 heavy (non-hydrogen) atoms. The van der Waals surface area contributed by atoms with Crippen LogP contribution in [-0.4, -0.2) is 18.1 Å². The highest BCUT2D eigenvalue weighted by Gasteiger charge is 2.36. The molecule has 1 saturated carbocycles. The van der Waals surface area contributed by atoms with Gasteiger partial charge in [0, 0.05) is 13.1 Å². The SMILES string of the molecule is C=CC1CCC2(CC1)CCN(N)CC2. The summed E-state index contributed by atoms with van der Waals surface area (Å²) in [5, 5.41) is 1.98. The Balaban J connectivity index is 1.89. The molecular formula is C12H22N2. The molecule has 0 bridgehead atoms. The molecule has 0 amide bonds. The Bertz CT molecular complexity index is 194. The molecule has 0 aromatic heterocycles. The van der Waals surface area contributed by atoms with E-state index in [9.17, 15) is 0 Å². The molecule has 2 N–H and O–H groups in total. The number of nitrogens with zero attached hydrogens (tertiary/aromatic N) is 1. The monoisotopic (exact) mass is 194 g/mol. The second kappa shape index (κ2) is 4.03. The van der Waals surface area contributed by atoms with Crippen molar-refractivity contribution in [1.29, 1.82) is 0 Å². The van der Waals surface area contributed by atoms with Crippen molar-refractivity contribution in [3.8, 4) is 0 Å². The number of piperidine rings is 1. The molecule has 0 aromatic carbocycles. The Hall–Kier alpha value is -0.340. The third-order valence-corrected chi connectivity index (χ3v) is 4.28. The van der Waals surface area contributed by atoms with Crippen LogP contribution >= 0.6 is 0 Å². The van der Waals surface area contributed by atoms with Crippen molar-refractivity contribution in [2.45, 2.75) is 38.5 Å². The Kier molecular flexibility index (Phi) is 2.93. The standard InChI is InChI=1S/C12H22N2/c1-2-11-3-5-12(6-4-11)7-9-14(13)10-8-12/h2,11H,1,3-10,13H2. The molecule has 2 heteroatoms. The van der Waals surface area contributed by atoms with E-state index in [0.29, 0.717) is 5.41 Å². The lowest BCUT2D eigenvalue weighted by Gasteiger charge is -2.44. The summed E-state index contributed by atoms with van der Waals surface area (Å²) in [6.45, 7) is 6.09. The maximum Gasteiger partial charge on any atom is 0.0133 e. The van der Waals surface area contributed by atoms with Crippen molar-refractivity contribution in [2.75, 3.05) is 13.1 Å². The van der Waals surface area contributed by atoms with Gasteiger partial charge in [0.15, 0.2) is 0 Å². The average Bonchev–Trinajstić information content (AvgIpc) is 2.24. The van der Waals surface area contributed by atoms with Crippen molar-refractivity contribution in [3.05, 3.63) is 12.7 Å². The topological polar surface area (TPSA) is 29.3 Å². The van der Waals surface area contributed by atoms with Gasteiger partial charge >= 0.3 is 0 Å². The first-order chi connectivity index (χ1) is 6.74. The Morgan fingerprint density at radius 1 is 1.14 bits per heavy atom. The second-order valence-electron chi connectivity index (χ2n) is 5.11. The van der Waals surface area contributed by atoms with E-state index in [0.717, 1.165) is 19.0 Å². The first kappa shape index (κ1) is 10.2. The lowest BCUT2D eigenvalue weighted by molar-refractivity contribution is 0.0587. The van der Waals surface area contributed by atoms with E-state index in [1.807, 2.05) is 5.01 Å². The van der Waals surface area contributed by atoms with Gasteiger partial charge in [0.1, 0.15) is 0 Å². The van der Waals surface area contributed by atoms with Crippen molar-refractivity contribution in [2.24, 2.45) is 17.2 Å². The molecule has 0 radical (unpaired) electrons. The van der Waals surface area contributed by atoms with E-state index in [2.05, 4.69) is 12.7 Å². The highest BCUT2D eigenvalue weighted by molar-refractivity contribution is 4.93. The van der Waals surface area contributed by atoms with Gasteiger partial charge in [0.05, 0.1) is 0 Å². The van der Waals surface area contributed by atoms with E-state index in [1.54, 1.807) is 0 Å². The van der Waals surface area contributed by atoms with E-state index < -0.39 is 0 Å². The van der Waals surface area contributed by atoms with Crippen molar-refractivity contribution in [3.63, 3.8) is 0 Å². The molecular weight excluding hydrogens is 172 g/mol. The number of rotatable bonds is 1. The van der Waals surface area contributed by atoms with Gasteiger partial charge in [0.2, 0.25) is 0 Å². The molecule has 2 aliphatic rings. The van der Waals surface area contributed by atoms with Crippen molar-refractivity contribution >= 4 is 0 Å². The third kappa shape index (κ3) is 2.01. The summed E-state index contributed by atoms with van der Waals surface area (Å²) < 4.78 is 0. The minimum Gasteiger partial charge on any atom is -0.269 e. The zero-order valence-electron chi connectivity index (χ0n) is 9.04. The van der Waals surface area contributed by atoms with Gasteiger partial charge in [-0.1, -0.05) is 6.08 Å². The third-order valence-electron chi connectivity index (χ3n) is 4.28. The quantitative estimate of drug-likeness (QED) is 0.513. The summed E-state index contributed by atoms with van der Waals surface area (Å²) in [6.07, 6.45) is 10.3. The van der Waals surface area contributed by atoms with Crippen LogP contribution in [0.4, 0.5) is 0 Å². The van der Waals surface area contributed by atoms with Gasteiger partial charge in [0.25, 0.3) is 0 Å².